The van der Waals surface area contributed by atoms with Crippen molar-refractivity contribution in [3.63, 3.8) is 0 Å². The highest BCUT2D eigenvalue weighted by Gasteiger charge is 2.33. The van der Waals surface area contributed by atoms with Gasteiger partial charge in [-0.1, -0.05) is 19.1 Å². The molecule has 1 amide bonds. The van der Waals surface area contributed by atoms with Crippen LogP contribution in [-0.4, -0.2) is 31.9 Å². The van der Waals surface area contributed by atoms with Crippen LogP contribution in [0.5, 0.6) is 0 Å². The minimum atomic E-state index is -0.258. The van der Waals surface area contributed by atoms with E-state index >= 15 is 0 Å². The molecule has 28 heavy (non-hydrogen) atoms. The number of benzene rings is 1. The minimum Gasteiger partial charge on any atom is -0.443 e. The number of nitrogens with zero attached hydrogens (tertiary/aromatic N) is 4. The molecule has 7 heteroatoms. The number of carbonyl (C=O) groups excluding carboxylic acids is 1. The molecule has 2 aromatic heterocycles. The predicted molar refractivity (Wildman–Crippen MR) is 101 cm³/mol. The number of likely N-dealkylation sites (tertiary alicyclic amines) is 1. The normalized spacial score (nSPS) is 16.6. The maximum absolute atomic E-state index is 13.1. The highest BCUT2D eigenvalue weighted by Crippen LogP contribution is 2.32. The van der Waals surface area contributed by atoms with Crippen LogP contribution in [0.3, 0.4) is 0 Å². The Balaban J connectivity index is 1.45. The Labute approximate surface area is 163 Å². The lowest BCUT2D eigenvalue weighted by Gasteiger charge is -2.23. The van der Waals surface area contributed by atoms with Gasteiger partial charge in [0.05, 0.1) is 6.20 Å². The Bertz CT molecular complexity index is 947. The number of hydrogen-bond donors (Lipinski definition) is 0. The number of aryl methyl sites for hydroxylation is 1. The third-order valence-corrected chi connectivity index (χ3v) is 5.14. The average molecular weight is 382 g/mol. The summed E-state index contributed by atoms with van der Waals surface area (Å²) in [5.41, 5.74) is 0.954. The SMILES string of the molecule is CCc1nccn1CC(=O)N1CCCC1c1ncc(Cc2ccc(F)cc2)o1. The molecule has 0 radical (unpaired) electrons. The van der Waals surface area contributed by atoms with Crippen molar-refractivity contribution in [1.29, 1.82) is 0 Å². The molecular weight excluding hydrogens is 359 g/mol. The van der Waals surface area contributed by atoms with E-state index in [2.05, 4.69) is 9.97 Å². The zero-order valence-electron chi connectivity index (χ0n) is 15.8. The molecule has 3 heterocycles. The fourth-order valence-corrected chi connectivity index (χ4v) is 3.72. The van der Waals surface area contributed by atoms with Gasteiger partial charge in [-0.15, -0.1) is 0 Å². The van der Waals surface area contributed by atoms with Crippen LogP contribution in [-0.2, 0) is 24.2 Å². The second-order valence-corrected chi connectivity index (χ2v) is 7.04. The van der Waals surface area contributed by atoms with Crippen LogP contribution in [0.1, 0.15) is 48.8 Å². The van der Waals surface area contributed by atoms with Gasteiger partial charge >= 0.3 is 0 Å². The van der Waals surface area contributed by atoms with Crippen molar-refractivity contribution in [3.8, 4) is 0 Å². The first-order valence-electron chi connectivity index (χ1n) is 9.62. The van der Waals surface area contributed by atoms with Crippen LogP contribution in [0.15, 0.2) is 47.3 Å². The lowest BCUT2D eigenvalue weighted by atomic mass is 10.1. The van der Waals surface area contributed by atoms with Gasteiger partial charge in [0, 0.05) is 31.8 Å². The number of amides is 1. The van der Waals surface area contributed by atoms with Crippen molar-refractivity contribution in [2.24, 2.45) is 0 Å². The number of oxazole rings is 1. The van der Waals surface area contributed by atoms with Gasteiger partial charge in [0.25, 0.3) is 0 Å². The molecule has 0 spiro atoms. The summed E-state index contributed by atoms with van der Waals surface area (Å²) in [5.74, 6) is 1.98. The van der Waals surface area contributed by atoms with Crippen LogP contribution in [0.2, 0.25) is 0 Å². The summed E-state index contributed by atoms with van der Waals surface area (Å²) in [6.07, 6.45) is 8.37. The largest absolute Gasteiger partial charge is 0.443 e. The molecule has 1 aliphatic heterocycles. The van der Waals surface area contributed by atoms with E-state index in [4.69, 9.17) is 4.42 Å². The van der Waals surface area contributed by atoms with Crippen LogP contribution >= 0.6 is 0 Å². The molecule has 1 unspecified atom stereocenters. The zero-order chi connectivity index (χ0) is 19.5. The fourth-order valence-electron chi connectivity index (χ4n) is 3.72. The van der Waals surface area contributed by atoms with Crippen LogP contribution in [0.25, 0.3) is 0 Å². The third kappa shape index (κ3) is 3.83. The lowest BCUT2D eigenvalue weighted by molar-refractivity contribution is -0.133. The van der Waals surface area contributed by atoms with Gasteiger partial charge in [0.1, 0.15) is 30.0 Å². The van der Waals surface area contributed by atoms with E-state index < -0.39 is 0 Å². The monoisotopic (exact) mass is 382 g/mol. The molecule has 3 aromatic rings. The Morgan fingerprint density at radius 1 is 1.29 bits per heavy atom. The molecular formula is C21H23FN4O2. The first-order chi connectivity index (χ1) is 13.6. The Hall–Kier alpha value is -2.96. The van der Waals surface area contributed by atoms with Crippen molar-refractivity contribution >= 4 is 5.91 Å². The molecule has 146 valence electrons. The quantitative estimate of drug-likeness (QED) is 0.654. The van der Waals surface area contributed by atoms with Gasteiger partial charge < -0.3 is 13.9 Å². The highest BCUT2D eigenvalue weighted by molar-refractivity contribution is 5.76. The summed E-state index contributed by atoms with van der Waals surface area (Å²) in [7, 11) is 0. The Morgan fingerprint density at radius 2 is 2.11 bits per heavy atom. The standard InChI is InChI=1S/C21H23FN4O2/c1-2-19-23-9-11-25(19)14-20(27)26-10-3-4-18(26)21-24-13-17(28-21)12-15-5-7-16(22)8-6-15/h5-9,11,13,18H,2-4,10,12,14H2,1H3. The Kier molecular flexibility index (Phi) is 5.23. The van der Waals surface area contributed by atoms with Gasteiger partial charge in [-0.3, -0.25) is 4.79 Å². The van der Waals surface area contributed by atoms with Gasteiger partial charge in [-0.05, 0) is 30.5 Å². The highest BCUT2D eigenvalue weighted by atomic mass is 19.1. The second kappa shape index (κ2) is 7.96. The summed E-state index contributed by atoms with van der Waals surface area (Å²) in [6.45, 7) is 3.01. The van der Waals surface area contributed by atoms with Crippen LogP contribution in [0, 0.1) is 5.82 Å². The minimum absolute atomic E-state index is 0.0495. The maximum atomic E-state index is 13.1. The first kappa shape index (κ1) is 18.4. The number of imidazole rings is 1. The molecule has 1 aromatic carbocycles. The fraction of sp³-hybridized carbons (Fsp3) is 0.381. The van der Waals surface area contributed by atoms with Crippen molar-refractivity contribution in [2.45, 2.75) is 45.2 Å². The zero-order valence-corrected chi connectivity index (χ0v) is 15.8. The van der Waals surface area contributed by atoms with Crippen LogP contribution < -0.4 is 0 Å². The third-order valence-electron chi connectivity index (χ3n) is 5.14. The topological polar surface area (TPSA) is 64.2 Å². The smallest absolute Gasteiger partial charge is 0.243 e. The van der Waals surface area contributed by atoms with Gasteiger partial charge in [-0.2, -0.15) is 0 Å². The maximum Gasteiger partial charge on any atom is 0.243 e. The van der Waals surface area contributed by atoms with E-state index in [-0.39, 0.29) is 24.3 Å². The molecule has 0 aliphatic carbocycles. The molecule has 1 saturated heterocycles. The van der Waals surface area contributed by atoms with E-state index in [1.165, 1.54) is 12.1 Å². The first-order valence-corrected chi connectivity index (χ1v) is 9.62. The molecule has 0 saturated carbocycles. The van der Waals surface area contributed by atoms with E-state index in [0.29, 0.717) is 24.6 Å². The number of halogens is 1. The number of hydrogen-bond acceptors (Lipinski definition) is 4. The summed E-state index contributed by atoms with van der Waals surface area (Å²) in [5, 5.41) is 0. The molecule has 4 rings (SSSR count). The van der Waals surface area contributed by atoms with Gasteiger partial charge in [-0.25, -0.2) is 14.4 Å². The van der Waals surface area contributed by atoms with Crippen molar-refractivity contribution in [2.75, 3.05) is 6.54 Å². The molecule has 1 fully saturated rings. The van der Waals surface area contributed by atoms with E-state index in [1.54, 1.807) is 24.5 Å². The van der Waals surface area contributed by atoms with E-state index in [1.807, 2.05) is 22.6 Å². The number of aromatic nitrogens is 3. The summed E-state index contributed by atoms with van der Waals surface area (Å²) in [6, 6.07) is 6.21. The number of rotatable bonds is 6. The summed E-state index contributed by atoms with van der Waals surface area (Å²) in [4.78, 5) is 23.4. The van der Waals surface area contributed by atoms with Crippen molar-refractivity contribution < 1.29 is 13.6 Å². The van der Waals surface area contributed by atoms with Crippen LogP contribution in [0.4, 0.5) is 4.39 Å². The van der Waals surface area contributed by atoms with Gasteiger partial charge in [0.2, 0.25) is 11.8 Å². The van der Waals surface area contributed by atoms with E-state index in [0.717, 1.165) is 30.7 Å². The Morgan fingerprint density at radius 3 is 2.89 bits per heavy atom. The van der Waals surface area contributed by atoms with Crippen molar-refractivity contribution in [1.82, 2.24) is 19.4 Å². The molecule has 1 aliphatic rings. The molecule has 1 atom stereocenters. The lowest BCUT2D eigenvalue weighted by Crippen LogP contribution is -2.33. The molecule has 0 N–H and O–H groups in total. The molecule has 0 bridgehead atoms. The summed E-state index contributed by atoms with van der Waals surface area (Å²) >= 11 is 0. The molecule has 6 nitrogen and oxygen atoms in total. The predicted octanol–water partition coefficient (Wildman–Crippen LogP) is 3.53. The van der Waals surface area contributed by atoms with E-state index in [9.17, 15) is 9.18 Å². The second-order valence-electron chi connectivity index (χ2n) is 7.04. The average Bonchev–Trinajstić information content (AvgIpc) is 3.43. The van der Waals surface area contributed by atoms with Gasteiger partial charge in [0.15, 0.2) is 0 Å². The number of carbonyl (C=O) groups is 1. The van der Waals surface area contributed by atoms with Crippen molar-refractivity contribution in [3.05, 3.63) is 71.7 Å². The summed E-state index contributed by atoms with van der Waals surface area (Å²) < 4.78 is 20.9.